The molecule has 0 unspecified atom stereocenters. The molecule has 82 valence electrons. The van der Waals surface area contributed by atoms with Crippen LogP contribution in [0.3, 0.4) is 0 Å². The Morgan fingerprint density at radius 3 is 2.81 bits per heavy atom. The summed E-state index contributed by atoms with van der Waals surface area (Å²) in [6, 6.07) is 3.66. The molecule has 1 aliphatic heterocycles. The summed E-state index contributed by atoms with van der Waals surface area (Å²) in [4.78, 5) is 11.2. The largest absolute Gasteiger partial charge is 0.273 e. The number of carbonyl (C=O) groups excluding carboxylic acids is 1. The van der Waals surface area contributed by atoms with Crippen LogP contribution in [0.15, 0.2) is 23.3 Å². The van der Waals surface area contributed by atoms with Crippen molar-refractivity contribution in [3.63, 3.8) is 0 Å². The van der Waals surface area contributed by atoms with Crippen LogP contribution in [0.1, 0.15) is 12.0 Å². The van der Waals surface area contributed by atoms with Gasteiger partial charge in [0.1, 0.15) is 0 Å². The van der Waals surface area contributed by atoms with Gasteiger partial charge in [0.15, 0.2) is 11.6 Å². The molecule has 1 amide bonds. The molecule has 3 nitrogen and oxygen atoms in total. The topological polar surface area (TPSA) is 41.5 Å². The highest BCUT2D eigenvalue weighted by molar-refractivity contribution is 6.09. The number of nitrogens with zero attached hydrogens (tertiary/aromatic N) is 1. The number of hydrogen-bond donors (Lipinski definition) is 1. The van der Waals surface area contributed by atoms with E-state index in [1.165, 1.54) is 6.07 Å². The maximum Gasteiger partial charge on any atom is 0.243 e. The first-order valence-electron chi connectivity index (χ1n) is 4.99. The van der Waals surface area contributed by atoms with Crippen molar-refractivity contribution in [2.45, 2.75) is 6.42 Å². The zero-order chi connectivity index (χ0) is 11.3. The molecule has 16 heavy (non-hydrogen) atoms. The second kappa shape index (κ2) is 3.10. The summed E-state index contributed by atoms with van der Waals surface area (Å²) in [5.41, 5.74) is 3.56. The lowest BCUT2D eigenvalue weighted by Gasteiger charge is -2.11. The molecule has 1 N–H and O–H groups in total. The number of benzene rings is 1. The summed E-state index contributed by atoms with van der Waals surface area (Å²) in [6.07, 6.45) is 0.740. The van der Waals surface area contributed by atoms with Gasteiger partial charge in [-0.2, -0.15) is 5.10 Å². The number of hydrazone groups is 1. The van der Waals surface area contributed by atoms with Gasteiger partial charge in [-0.05, 0) is 24.6 Å². The molecule has 0 aromatic heterocycles. The third kappa shape index (κ3) is 1.31. The maximum absolute atomic E-state index is 13.0. The lowest BCUT2D eigenvalue weighted by Crippen LogP contribution is -2.28. The number of carbonyl (C=O) groups is 1. The van der Waals surface area contributed by atoms with Gasteiger partial charge in [-0.3, -0.25) is 4.79 Å². The predicted octanol–water partition coefficient (Wildman–Crippen LogP) is 1.43. The van der Waals surface area contributed by atoms with Crippen molar-refractivity contribution < 1.29 is 13.6 Å². The molecule has 2 atom stereocenters. The molecular formula is C11H8F2N2O. The Bertz CT molecular complexity index is 513. The molecule has 0 saturated heterocycles. The summed E-state index contributed by atoms with van der Waals surface area (Å²) < 4.78 is 25.8. The van der Waals surface area contributed by atoms with Gasteiger partial charge in [-0.1, -0.05) is 0 Å². The molecule has 0 radical (unpaired) electrons. The van der Waals surface area contributed by atoms with Crippen LogP contribution in [0.2, 0.25) is 0 Å². The summed E-state index contributed by atoms with van der Waals surface area (Å²) in [7, 11) is 0. The van der Waals surface area contributed by atoms with Gasteiger partial charge in [-0.25, -0.2) is 14.2 Å². The van der Waals surface area contributed by atoms with E-state index in [0.29, 0.717) is 11.3 Å². The van der Waals surface area contributed by atoms with Gasteiger partial charge in [-0.15, -0.1) is 0 Å². The van der Waals surface area contributed by atoms with Crippen molar-refractivity contribution in [1.82, 2.24) is 5.43 Å². The molecule has 1 saturated carbocycles. The fraction of sp³-hybridized carbons (Fsp3) is 0.273. The molecule has 1 fully saturated rings. The second-order valence-electron chi connectivity index (χ2n) is 4.05. The first-order chi connectivity index (χ1) is 7.66. The van der Waals surface area contributed by atoms with E-state index in [1.807, 2.05) is 0 Å². The van der Waals surface area contributed by atoms with Crippen molar-refractivity contribution in [3.8, 4) is 0 Å². The zero-order valence-electron chi connectivity index (χ0n) is 8.21. The third-order valence-corrected chi connectivity index (χ3v) is 2.98. The summed E-state index contributed by atoms with van der Waals surface area (Å²) >= 11 is 0. The molecule has 5 heteroatoms. The van der Waals surface area contributed by atoms with E-state index in [1.54, 1.807) is 0 Å². The molecule has 0 bridgehead atoms. The number of hydrogen-bond acceptors (Lipinski definition) is 2. The molecule has 3 rings (SSSR count). The third-order valence-electron chi connectivity index (χ3n) is 2.98. The van der Waals surface area contributed by atoms with Gasteiger partial charge >= 0.3 is 0 Å². The summed E-state index contributed by atoms with van der Waals surface area (Å²) in [5, 5.41) is 3.90. The minimum Gasteiger partial charge on any atom is -0.273 e. The van der Waals surface area contributed by atoms with Crippen LogP contribution in [-0.2, 0) is 4.79 Å². The average molecular weight is 222 g/mol. The fourth-order valence-electron chi connectivity index (χ4n) is 2.00. The van der Waals surface area contributed by atoms with E-state index in [-0.39, 0.29) is 17.7 Å². The van der Waals surface area contributed by atoms with Crippen LogP contribution in [0.4, 0.5) is 8.78 Å². The molecule has 0 spiro atoms. The van der Waals surface area contributed by atoms with Crippen LogP contribution in [0.25, 0.3) is 0 Å². The average Bonchev–Trinajstić information content (AvgIpc) is 3.04. The lowest BCUT2D eigenvalue weighted by molar-refractivity contribution is -0.122. The zero-order valence-corrected chi connectivity index (χ0v) is 8.21. The van der Waals surface area contributed by atoms with E-state index in [2.05, 4.69) is 10.5 Å². The monoisotopic (exact) mass is 222 g/mol. The van der Waals surface area contributed by atoms with Crippen LogP contribution < -0.4 is 5.43 Å². The highest BCUT2D eigenvalue weighted by Gasteiger charge is 2.49. The highest BCUT2D eigenvalue weighted by atomic mass is 19.2. The Kier molecular flexibility index (Phi) is 1.83. The highest BCUT2D eigenvalue weighted by Crippen LogP contribution is 2.43. The molecule has 1 aliphatic carbocycles. The minimum absolute atomic E-state index is 0.0411. The minimum atomic E-state index is -0.894. The normalized spacial score (nSPS) is 26.9. The SMILES string of the molecule is O=C1NN=C(c2ccc(F)c(F)c2)[C@H]2C[C@H]12. The fourth-order valence-corrected chi connectivity index (χ4v) is 2.00. The number of nitrogens with one attached hydrogen (secondary N) is 1. The number of halogens is 2. The number of fused-ring (bicyclic) bond motifs is 1. The van der Waals surface area contributed by atoms with Gasteiger partial charge in [0, 0.05) is 17.4 Å². The van der Waals surface area contributed by atoms with Crippen molar-refractivity contribution >= 4 is 11.6 Å². The van der Waals surface area contributed by atoms with Gasteiger partial charge in [0.25, 0.3) is 0 Å². The van der Waals surface area contributed by atoms with Crippen LogP contribution in [-0.4, -0.2) is 11.6 Å². The van der Waals surface area contributed by atoms with Gasteiger partial charge in [0.2, 0.25) is 5.91 Å². The van der Waals surface area contributed by atoms with Crippen molar-refractivity contribution in [1.29, 1.82) is 0 Å². The van der Waals surface area contributed by atoms with Crippen molar-refractivity contribution in [2.75, 3.05) is 0 Å². The number of rotatable bonds is 1. The first-order valence-corrected chi connectivity index (χ1v) is 4.99. The second-order valence-corrected chi connectivity index (χ2v) is 4.05. The van der Waals surface area contributed by atoms with Crippen LogP contribution in [0, 0.1) is 23.5 Å². The van der Waals surface area contributed by atoms with E-state index < -0.39 is 11.6 Å². The van der Waals surface area contributed by atoms with Crippen molar-refractivity contribution in [2.24, 2.45) is 16.9 Å². The lowest BCUT2D eigenvalue weighted by atomic mass is 10.0. The predicted molar refractivity (Wildman–Crippen MR) is 52.6 cm³/mol. The number of amides is 1. The Morgan fingerprint density at radius 2 is 2.06 bits per heavy atom. The van der Waals surface area contributed by atoms with Crippen LogP contribution in [0.5, 0.6) is 0 Å². The van der Waals surface area contributed by atoms with E-state index in [9.17, 15) is 13.6 Å². The smallest absolute Gasteiger partial charge is 0.243 e. The quantitative estimate of drug-likeness (QED) is 0.767. The molecule has 1 aromatic carbocycles. The van der Waals surface area contributed by atoms with Gasteiger partial charge in [0.05, 0.1) is 5.71 Å². The molecular weight excluding hydrogens is 214 g/mol. The maximum atomic E-state index is 13.0. The summed E-state index contributed by atoms with van der Waals surface area (Å²) in [6.45, 7) is 0. The standard InChI is InChI=1S/C11H8F2N2O/c12-8-2-1-5(3-9(8)13)10-6-4-7(6)11(16)15-14-10/h1-3,6-7H,4H2,(H,15,16)/t6-,7-/m0/s1. The van der Waals surface area contributed by atoms with Crippen LogP contribution >= 0.6 is 0 Å². The van der Waals surface area contributed by atoms with E-state index in [0.717, 1.165) is 18.6 Å². The Hall–Kier alpha value is -1.78. The Balaban J connectivity index is 1.98. The first kappa shape index (κ1) is 9.45. The molecule has 1 heterocycles. The summed E-state index contributed by atoms with van der Waals surface area (Å²) in [5.74, 6) is -1.83. The molecule has 2 aliphatic rings. The van der Waals surface area contributed by atoms with Crippen molar-refractivity contribution in [3.05, 3.63) is 35.4 Å². The molecule has 1 aromatic rings. The Labute approximate surface area is 90.2 Å². The van der Waals surface area contributed by atoms with E-state index in [4.69, 9.17) is 0 Å². The van der Waals surface area contributed by atoms with Gasteiger partial charge < -0.3 is 0 Å². The Morgan fingerprint density at radius 1 is 1.25 bits per heavy atom. The van der Waals surface area contributed by atoms with E-state index >= 15 is 0 Å².